The highest BCUT2D eigenvalue weighted by atomic mass is 19.4. The number of alkyl halides is 9. The number of nitrogens with zero attached hydrogens (tertiary/aromatic N) is 12. The van der Waals surface area contributed by atoms with Crippen LogP contribution in [0.2, 0.25) is 0 Å². The van der Waals surface area contributed by atoms with Gasteiger partial charge in [0.25, 0.3) is 0 Å². The van der Waals surface area contributed by atoms with Gasteiger partial charge in [0.2, 0.25) is 68.5 Å². The minimum Gasteiger partial charge on any atom is -0.199 e. The van der Waals surface area contributed by atoms with Crippen molar-refractivity contribution in [2.75, 3.05) is 0 Å². The number of aromatic nitrogens is 6. The average Bonchev–Trinajstić information content (AvgIpc) is 1.45. The largest absolute Gasteiger partial charge is 0.553 e. The van der Waals surface area contributed by atoms with Gasteiger partial charge in [-0.2, -0.15) is 66.9 Å². The van der Waals surface area contributed by atoms with E-state index >= 15 is 0 Å². The molecular weight excluding hydrogens is 1580 g/mol. The Bertz CT molecular complexity index is 7330. The molecule has 0 saturated heterocycles. The lowest BCUT2D eigenvalue weighted by atomic mass is 9.83. The Kier molecular flexibility index (Phi) is 15.7. The molecule has 21 heteroatoms. The summed E-state index contributed by atoms with van der Waals surface area (Å²) < 4.78 is 156. The van der Waals surface area contributed by atoms with Crippen LogP contribution in [-0.2, 0) is 43.4 Å². The normalized spacial score (nSPS) is 23.0. The molecule has 3 atom stereocenters. The van der Waals surface area contributed by atoms with E-state index in [0.29, 0.717) is 11.3 Å². The van der Waals surface area contributed by atoms with Crippen molar-refractivity contribution in [2.45, 2.75) is 259 Å². The number of hydrogen-bond donors (Lipinski definition) is 0. The highest BCUT2D eigenvalue weighted by molar-refractivity contribution is 6.24. The van der Waals surface area contributed by atoms with E-state index in [1.165, 1.54) is 81.1 Å². The summed E-state index contributed by atoms with van der Waals surface area (Å²) in [5.41, 5.74) is 32.0. The molecular formula is C103H107F9N12+6. The monoisotopic (exact) mass is 1680 g/mol. The predicted octanol–water partition coefficient (Wildman–Crippen LogP) is 17.5. The van der Waals surface area contributed by atoms with Crippen molar-refractivity contribution in [2.24, 2.45) is 21.7 Å². The highest BCUT2D eigenvalue weighted by Gasteiger charge is 2.77. The molecule has 0 radical (unpaired) electrons. The van der Waals surface area contributed by atoms with Crippen molar-refractivity contribution in [1.29, 1.82) is 0 Å². The van der Waals surface area contributed by atoms with Gasteiger partial charge in [0.15, 0.2) is 0 Å². The van der Waals surface area contributed by atoms with E-state index in [-0.39, 0.29) is 34.8 Å². The van der Waals surface area contributed by atoms with Gasteiger partial charge >= 0.3 is 36.3 Å². The summed E-state index contributed by atoms with van der Waals surface area (Å²) >= 11 is 0. The maximum atomic E-state index is 14.7. The summed E-state index contributed by atoms with van der Waals surface area (Å²) in [5.74, 6) is -2.69. The fourth-order valence-corrected chi connectivity index (χ4v) is 24.5. The zero-order chi connectivity index (χ0) is 87.6. The molecule has 6 aromatic heterocycles. The number of hydrogen-bond acceptors (Lipinski definition) is 0. The van der Waals surface area contributed by atoms with Crippen LogP contribution in [0.4, 0.5) is 39.5 Å². The van der Waals surface area contributed by atoms with E-state index in [9.17, 15) is 39.5 Å². The second kappa shape index (κ2) is 24.6. The third-order valence-corrected chi connectivity index (χ3v) is 28.7. The molecule has 0 amide bonds. The van der Waals surface area contributed by atoms with Gasteiger partial charge in [0, 0.05) is 106 Å². The molecule has 24 heterocycles. The molecule has 12 nitrogen and oxygen atoms in total. The van der Waals surface area contributed by atoms with E-state index < -0.39 is 53.7 Å². The number of halogens is 9. The van der Waals surface area contributed by atoms with Crippen LogP contribution in [-0.4, -0.2) is 108 Å². The van der Waals surface area contributed by atoms with Crippen LogP contribution >= 0.6 is 0 Å². The lowest BCUT2D eigenvalue weighted by molar-refractivity contribution is -0.838. The molecule has 636 valence electrons. The molecule has 124 heavy (non-hydrogen) atoms. The zero-order valence-electron chi connectivity index (χ0n) is 74.8. The molecule has 18 aliphatic heterocycles. The standard InChI is InChI=1S/C41H49F3N4.C33H33F3N4.C29H25F3N4/c1-36(2,3)20-24-12-28-17-33-26(22-38(7,8)9)14-30-19-35-27(23-39(10,11)40(42,43)44)15-31-18-34-25(21-37(4,5)6)13-29-16-32(24)45(28)41(46(29)34,47(30)33)48(31)35;1-4-7-20-12-24-17-29-22(9-6-3)14-26-19-31-23(10-11-32(34,35)36)15-27-18-30-21(8-5-2)13-25-16-28(20)37(24)33(38(25)30,39(26)29)40(27)31;1-12-8-20-16(5)25-14(3)10-22-18(7)27-19(28(30,31)32)11-23-17(6)26-13(2)9-21-15(4)24(12)33(20)29(34(21)26,35(22)25)36(23)27/h12-19H,20-23H2,1-11H3;12-19H,4-11H2,1-3H3;8-11H,1-7H3/q3*+2. The Hall–Kier alpha value is -10.8. The smallest absolute Gasteiger partial charge is 0.199 e. The van der Waals surface area contributed by atoms with Crippen molar-refractivity contribution < 1.29 is 67.0 Å². The molecule has 0 aliphatic carbocycles. The second-order valence-electron chi connectivity index (χ2n) is 41.9. The summed E-state index contributed by atoms with van der Waals surface area (Å²) in [5, 5.41) is 6.64. The number of allylic oxidation sites excluding steroid dienone is 16. The van der Waals surface area contributed by atoms with Gasteiger partial charge in [-0.15, -0.1) is 0 Å². The van der Waals surface area contributed by atoms with E-state index in [0.717, 1.165) is 198 Å². The van der Waals surface area contributed by atoms with Crippen molar-refractivity contribution in [3.63, 3.8) is 0 Å². The maximum absolute atomic E-state index is 14.7. The van der Waals surface area contributed by atoms with Gasteiger partial charge in [0.05, 0.1) is 89.4 Å². The van der Waals surface area contributed by atoms with E-state index in [2.05, 4.69) is 271 Å². The van der Waals surface area contributed by atoms with Crippen molar-refractivity contribution in [3.05, 3.63) is 258 Å². The van der Waals surface area contributed by atoms with Crippen LogP contribution in [0.3, 0.4) is 0 Å². The summed E-state index contributed by atoms with van der Waals surface area (Å²) in [6, 6.07) is 13.6. The molecule has 18 aliphatic rings. The van der Waals surface area contributed by atoms with Crippen LogP contribution in [0.15, 0.2) is 158 Å². The number of aryl methyl sites for hydroxylation is 4. The first-order chi connectivity index (χ1) is 58.2. The second-order valence-corrected chi connectivity index (χ2v) is 41.9. The molecule has 0 aromatic carbocycles. The lowest BCUT2D eigenvalue weighted by Gasteiger charge is -2.40. The van der Waals surface area contributed by atoms with E-state index in [4.69, 9.17) is 0 Å². The van der Waals surface area contributed by atoms with Crippen LogP contribution < -0.4 is 32.1 Å². The Balaban J connectivity index is 0.000000112. The van der Waals surface area contributed by atoms with Crippen molar-refractivity contribution in [1.82, 2.24) is 27.4 Å². The first-order valence-electron chi connectivity index (χ1n) is 44.5. The summed E-state index contributed by atoms with van der Waals surface area (Å²) in [6.07, 6.45) is 25.2. The lowest BCUT2D eigenvalue weighted by Crippen LogP contribution is -2.71. The van der Waals surface area contributed by atoms with Gasteiger partial charge in [-0.05, 0) is 204 Å². The van der Waals surface area contributed by atoms with Gasteiger partial charge in [-0.1, -0.05) is 144 Å². The Morgan fingerprint density at radius 3 is 1.38 bits per heavy atom. The first kappa shape index (κ1) is 79.1. The van der Waals surface area contributed by atoms with Crippen LogP contribution in [0.5, 0.6) is 0 Å². The van der Waals surface area contributed by atoms with Crippen molar-refractivity contribution in [3.8, 4) is 0 Å². The van der Waals surface area contributed by atoms with E-state index in [1.807, 2.05) is 30.6 Å². The molecule has 6 aromatic rings. The summed E-state index contributed by atoms with van der Waals surface area (Å²) in [4.78, 5) is 0. The molecule has 0 N–H and O–H groups in total. The van der Waals surface area contributed by atoms with Gasteiger partial charge in [-0.3, -0.25) is 0 Å². The fraction of sp³-hybridized carbons (Fsp3) is 0.417. The molecule has 0 fully saturated rings. The predicted molar refractivity (Wildman–Crippen MR) is 470 cm³/mol. The molecule has 3 spiro atoms. The Morgan fingerprint density at radius 2 is 0.823 bits per heavy atom. The minimum absolute atomic E-state index is 0.0249. The zero-order valence-corrected chi connectivity index (χ0v) is 74.8. The molecule has 0 saturated carbocycles. The van der Waals surface area contributed by atoms with Gasteiger partial charge in [-0.25, -0.2) is 0 Å². The van der Waals surface area contributed by atoms with E-state index in [1.54, 1.807) is 0 Å². The maximum Gasteiger partial charge on any atom is 0.553 e. The van der Waals surface area contributed by atoms with Crippen LogP contribution in [0.1, 0.15) is 250 Å². The third-order valence-electron chi connectivity index (χ3n) is 28.7. The highest BCUT2D eigenvalue weighted by Crippen LogP contribution is 2.57. The Labute approximate surface area is 716 Å². The fourth-order valence-electron chi connectivity index (χ4n) is 24.5. The topological polar surface area (TPSA) is 47.6 Å². The van der Waals surface area contributed by atoms with Gasteiger partial charge < -0.3 is 0 Å². The average molecular weight is 1680 g/mol. The van der Waals surface area contributed by atoms with Gasteiger partial charge in [0.1, 0.15) is 5.57 Å². The summed E-state index contributed by atoms with van der Waals surface area (Å²) in [7, 11) is 0. The molecule has 3 unspecified atom stereocenters. The van der Waals surface area contributed by atoms with Crippen LogP contribution in [0, 0.1) is 35.5 Å². The number of rotatable bonds is 13. The SMILES string of the molecule is CC(C)(C)CC1=CC2=Cc3c(CC(C)(C)C)cc4n3C35n6c(cc(CC(C)(C)C)c6=C4)=CC4=[N+]3C(=CC1=[N+]25)C=C4CC(C)(C)C(F)(F)F.CC1=CC2=[N+]3C1=C(C)C1=[N+]4C(=C(C)c5cc(C)c6n5C43n3c(cc(C)c3=C2C)=C6C)C(C(F)(F)F)=C1.CCCC1=CC2=Cc3c(CCC)cc4n3C35n6c(cc(CCC)c6=C4)=CC4=[N+]3C(=CC1=[N+]25)C=C4CCC(F)(F)F. The summed E-state index contributed by atoms with van der Waals surface area (Å²) in [6.45, 7) is 44.1. The quantitative estimate of drug-likeness (QED) is 0.0817. The third kappa shape index (κ3) is 10.0. The minimum atomic E-state index is -4.47. The Morgan fingerprint density at radius 1 is 0.355 bits per heavy atom. The molecule has 24 rings (SSSR count). The molecule has 0 bridgehead atoms. The van der Waals surface area contributed by atoms with Crippen molar-refractivity contribution >= 4 is 87.4 Å². The first-order valence-corrected chi connectivity index (χ1v) is 44.5. The van der Waals surface area contributed by atoms with Crippen LogP contribution in [0.25, 0.3) is 53.2 Å².